The number of rotatable bonds is 7. The van der Waals surface area contributed by atoms with Gasteiger partial charge in [0.15, 0.2) is 0 Å². The number of ether oxygens (including phenoxy) is 2. The molecule has 156 valence electrons. The average Bonchev–Trinajstić information content (AvgIpc) is 2.67. The maximum Gasteiger partial charge on any atom is 0.343 e. The molecule has 0 saturated carbocycles. The monoisotopic (exact) mass is 413 g/mol. The van der Waals surface area contributed by atoms with Gasteiger partial charge in [-0.15, -0.1) is 0 Å². The van der Waals surface area contributed by atoms with Gasteiger partial charge in [0.2, 0.25) is 8.32 Å². The number of aryl methyl sites for hydroxylation is 1. The van der Waals surface area contributed by atoms with Gasteiger partial charge in [-0.05, 0) is 51.9 Å². The third-order valence-electron chi connectivity index (χ3n) is 4.99. The molecule has 0 fully saturated rings. The molecule has 1 heterocycles. The average molecular weight is 414 g/mol. The van der Waals surface area contributed by atoms with E-state index in [4.69, 9.17) is 13.9 Å². The SMILES string of the molecule is CCOC(=O)c1cnc2c(c1O[Si](C)(C)C)CC(C)(OCc1ccccc1)CC2. The summed E-state index contributed by atoms with van der Waals surface area (Å²) in [7, 11) is -1.95. The summed E-state index contributed by atoms with van der Waals surface area (Å²) in [5.41, 5.74) is 3.21. The number of carbonyl (C=O) groups is 1. The second-order valence-electron chi connectivity index (χ2n) is 8.76. The number of benzene rings is 1. The smallest absolute Gasteiger partial charge is 0.343 e. The summed E-state index contributed by atoms with van der Waals surface area (Å²) in [5, 5.41) is 0. The van der Waals surface area contributed by atoms with Gasteiger partial charge in [-0.1, -0.05) is 30.3 Å². The Morgan fingerprint density at radius 3 is 2.59 bits per heavy atom. The summed E-state index contributed by atoms with van der Waals surface area (Å²) in [6.45, 7) is 11.2. The molecule has 0 aliphatic heterocycles. The van der Waals surface area contributed by atoms with E-state index in [0.29, 0.717) is 30.9 Å². The highest BCUT2D eigenvalue weighted by atomic mass is 28.4. The molecule has 1 atom stereocenters. The zero-order chi connectivity index (χ0) is 21.1. The van der Waals surface area contributed by atoms with E-state index in [1.807, 2.05) is 18.2 Å². The minimum absolute atomic E-state index is 0.320. The van der Waals surface area contributed by atoms with Crippen LogP contribution in [-0.4, -0.2) is 31.5 Å². The number of hydrogen-bond acceptors (Lipinski definition) is 5. The lowest BCUT2D eigenvalue weighted by molar-refractivity contribution is -0.0526. The van der Waals surface area contributed by atoms with Crippen LogP contribution >= 0.6 is 0 Å². The molecule has 0 bridgehead atoms. The van der Waals surface area contributed by atoms with Crippen molar-refractivity contribution in [3.05, 3.63) is 58.9 Å². The minimum Gasteiger partial charge on any atom is -0.543 e. The molecule has 1 aromatic carbocycles. The van der Waals surface area contributed by atoms with Gasteiger partial charge in [-0.2, -0.15) is 0 Å². The minimum atomic E-state index is -1.95. The van der Waals surface area contributed by atoms with Crippen molar-refractivity contribution in [1.29, 1.82) is 0 Å². The van der Waals surface area contributed by atoms with E-state index >= 15 is 0 Å². The normalized spacial score (nSPS) is 18.8. The predicted octanol–water partition coefficient (Wildman–Crippen LogP) is 4.94. The lowest BCUT2D eigenvalue weighted by Gasteiger charge is -2.36. The highest BCUT2D eigenvalue weighted by Gasteiger charge is 2.36. The standard InChI is InChI=1S/C23H31NO4Si/c1-6-26-22(25)19-15-24-20-12-13-23(2,27-16-17-10-8-7-9-11-17)14-18(20)21(19)28-29(3,4)5/h7-11,15H,6,12-14,16H2,1-5H3. The van der Waals surface area contributed by atoms with Crippen LogP contribution in [0.25, 0.3) is 0 Å². The van der Waals surface area contributed by atoms with Gasteiger partial charge in [0.05, 0.1) is 18.8 Å². The Morgan fingerprint density at radius 2 is 1.93 bits per heavy atom. The van der Waals surface area contributed by atoms with Gasteiger partial charge in [0.1, 0.15) is 11.3 Å². The number of carbonyl (C=O) groups excluding carboxylic acids is 1. The number of pyridine rings is 1. The zero-order valence-corrected chi connectivity index (χ0v) is 19.1. The van der Waals surface area contributed by atoms with Crippen LogP contribution in [0.15, 0.2) is 36.5 Å². The first-order valence-corrected chi connectivity index (χ1v) is 13.7. The van der Waals surface area contributed by atoms with Crippen molar-refractivity contribution in [3.63, 3.8) is 0 Å². The van der Waals surface area contributed by atoms with Crippen LogP contribution in [0.2, 0.25) is 19.6 Å². The molecular weight excluding hydrogens is 382 g/mol. The Kier molecular flexibility index (Phi) is 6.44. The summed E-state index contributed by atoms with van der Waals surface area (Å²) in [6.07, 6.45) is 3.95. The molecule has 1 aliphatic carbocycles. The fourth-order valence-corrected chi connectivity index (χ4v) is 4.39. The van der Waals surface area contributed by atoms with E-state index in [0.717, 1.165) is 29.7 Å². The second kappa shape index (κ2) is 8.67. The Morgan fingerprint density at radius 1 is 1.21 bits per heavy atom. The molecule has 2 aromatic rings. The van der Waals surface area contributed by atoms with Crippen LogP contribution in [0, 0.1) is 0 Å². The van der Waals surface area contributed by atoms with Crippen molar-refractivity contribution in [1.82, 2.24) is 4.98 Å². The molecule has 0 amide bonds. The van der Waals surface area contributed by atoms with Gasteiger partial charge in [-0.25, -0.2) is 4.79 Å². The van der Waals surface area contributed by atoms with E-state index in [9.17, 15) is 4.79 Å². The topological polar surface area (TPSA) is 57.7 Å². The third-order valence-corrected chi connectivity index (χ3v) is 5.81. The van der Waals surface area contributed by atoms with Gasteiger partial charge in [-0.3, -0.25) is 4.98 Å². The molecule has 0 spiro atoms. The first-order valence-electron chi connectivity index (χ1n) is 10.3. The summed E-state index contributed by atoms with van der Waals surface area (Å²) >= 11 is 0. The number of esters is 1. The van der Waals surface area contributed by atoms with E-state index in [2.05, 4.69) is 43.7 Å². The summed E-state index contributed by atoms with van der Waals surface area (Å²) in [5.74, 6) is 0.260. The maximum atomic E-state index is 12.6. The van der Waals surface area contributed by atoms with Gasteiger partial charge in [0.25, 0.3) is 0 Å². The fourth-order valence-electron chi connectivity index (χ4n) is 3.55. The van der Waals surface area contributed by atoms with Crippen LogP contribution in [0.4, 0.5) is 0 Å². The Hall–Kier alpha value is -2.18. The number of hydrogen-bond donors (Lipinski definition) is 0. The number of nitrogens with zero attached hydrogens (tertiary/aromatic N) is 1. The first-order chi connectivity index (χ1) is 13.7. The van der Waals surface area contributed by atoms with Crippen LogP contribution in [0.5, 0.6) is 5.75 Å². The van der Waals surface area contributed by atoms with Crippen molar-refractivity contribution in [2.24, 2.45) is 0 Å². The summed E-state index contributed by atoms with van der Waals surface area (Å²) < 4.78 is 18.0. The maximum absolute atomic E-state index is 12.6. The van der Waals surface area contributed by atoms with E-state index in [1.54, 1.807) is 13.1 Å². The zero-order valence-electron chi connectivity index (χ0n) is 18.1. The highest BCUT2D eigenvalue weighted by Crippen LogP contribution is 2.39. The van der Waals surface area contributed by atoms with Crippen LogP contribution < -0.4 is 4.43 Å². The van der Waals surface area contributed by atoms with Crippen molar-refractivity contribution in [2.45, 2.75) is 65.0 Å². The van der Waals surface area contributed by atoms with Gasteiger partial charge in [0, 0.05) is 23.9 Å². The first kappa shape index (κ1) is 21.5. The largest absolute Gasteiger partial charge is 0.543 e. The highest BCUT2D eigenvalue weighted by molar-refractivity contribution is 6.70. The Labute approximate surface area is 174 Å². The van der Waals surface area contributed by atoms with E-state index in [-0.39, 0.29) is 11.6 Å². The fraction of sp³-hybridized carbons (Fsp3) is 0.478. The van der Waals surface area contributed by atoms with Crippen molar-refractivity contribution >= 4 is 14.3 Å². The van der Waals surface area contributed by atoms with Crippen molar-refractivity contribution in [2.75, 3.05) is 6.61 Å². The lowest BCUT2D eigenvalue weighted by Crippen LogP contribution is -2.38. The predicted molar refractivity (Wildman–Crippen MR) is 116 cm³/mol. The second-order valence-corrected chi connectivity index (χ2v) is 13.2. The quantitative estimate of drug-likeness (QED) is 0.475. The van der Waals surface area contributed by atoms with E-state index < -0.39 is 8.32 Å². The summed E-state index contributed by atoms with van der Waals surface area (Å²) in [6, 6.07) is 10.2. The van der Waals surface area contributed by atoms with Crippen LogP contribution in [0.1, 0.15) is 47.4 Å². The summed E-state index contributed by atoms with van der Waals surface area (Å²) in [4.78, 5) is 17.1. The van der Waals surface area contributed by atoms with Crippen molar-refractivity contribution < 1.29 is 18.7 Å². The molecule has 0 N–H and O–H groups in total. The molecule has 1 aromatic heterocycles. The molecule has 1 unspecified atom stereocenters. The van der Waals surface area contributed by atoms with Crippen LogP contribution in [0.3, 0.4) is 0 Å². The molecule has 0 radical (unpaired) electrons. The lowest BCUT2D eigenvalue weighted by atomic mass is 9.82. The van der Waals surface area contributed by atoms with E-state index in [1.165, 1.54) is 0 Å². The number of aromatic nitrogens is 1. The molecular formula is C23H31NO4Si. The number of fused-ring (bicyclic) bond motifs is 1. The van der Waals surface area contributed by atoms with Crippen molar-refractivity contribution in [3.8, 4) is 5.75 Å². The van der Waals surface area contributed by atoms with Gasteiger partial charge >= 0.3 is 5.97 Å². The molecule has 6 heteroatoms. The molecule has 0 saturated heterocycles. The molecule has 29 heavy (non-hydrogen) atoms. The third kappa shape index (κ3) is 5.45. The Balaban J connectivity index is 1.91. The molecule has 1 aliphatic rings. The van der Waals surface area contributed by atoms with Gasteiger partial charge < -0.3 is 13.9 Å². The molecule has 3 rings (SSSR count). The molecule has 5 nitrogen and oxygen atoms in total. The Bertz CT molecular complexity index is 863. The van der Waals surface area contributed by atoms with Crippen LogP contribution in [-0.2, 0) is 28.9 Å².